The molecule has 2 aromatic rings. The molecule has 0 saturated carbocycles. The van der Waals surface area contributed by atoms with Crippen LogP contribution >= 0.6 is 0 Å². The lowest BCUT2D eigenvalue weighted by Crippen LogP contribution is -2.44. The Morgan fingerprint density at radius 2 is 1.88 bits per heavy atom. The van der Waals surface area contributed by atoms with Gasteiger partial charge in [0.25, 0.3) is 0 Å². The molecule has 1 heterocycles. The molecule has 1 fully saturated rings. The molecular formula is C25H32FN3O4. The molecule has 1 aliphatic rings. The standard InChI is InChI=1S/C25H32FN3O4/c1-4-28(16-24(30)27-15-18-7-9-19(26)10-8-18)17-25(31)29-13-5-6-22(29)21-14-20(32-2)11-12-23(21)33-3/h7-12,14,22H,4-6,13,15-17H2,1-3H3,(H,27,30). The third-order valence-electron chi connectivity index (χ3n) is 5.95. The Bertz CT molecular complexity index is 951. The van der Waals surface area contributed by atoms with E-state index in [0.717, 1.165) is 35.5 Å². The fourth-order valence-corrected chi connectivity index (χ4v) is 4.11. The van der Waals surface area contributed by atoms with Crippen LogP contribution in [0.2, 0.25) is 0 Å². The number of rotatable bonds is 10. The number of methoxy groups -OCH3 is 2. The Morgan fingerprint density at radius 1 is 1.12 bits per heavy atom. The average Bonchev–Trinajstić information content (AvgIpc) is 3.32. The van der Waals surface area contributed by atoms with Crippen LogP contribution in [0, 0.1) is 5.82 Å². The van der Waals surface area contributed by atoms with Crippen LogP contribution in [0.3, 0.4) is 0 Å². The van der Waals surface area contributed by atoms with E-state index in [0.29, 0.717) is 19.6 Å². The molecule has 1 N–H and O–H groups in total. The van der Waals surface area contributed by atoms with E-state index in [-0.39, 0.29) is 36.8 Å². The van der Waals surface area contributed by atoms with Gasteiger partial charge in [-0.05, 0) is 55.3 Å². The maximum absolute atomic E-state index is 13.2. The second kappa shape index (κ2) is 11.7. The molecule has 33 heavy (non-hydrogen) atoms. The van der Waals surface area contributed by atoms with Crippen LogP contribution in [0.1, 0.15) is 36.9 Å². The van der Waals surface area contributed by atoms with E-state index >= 15 is 0 Å². The van der Waals surface area contributed by atoms with Crippen molar-refractivity contribution in [1.82, 2.24) is 15.1 Å². The summed E-state index contributed by atoms with van der Waals surface area (Å²) in [6.45, 7) is 3.74. The van der Waals surface area contributed by atoms with Crippen molar-refractivity contribution >= 4 is 11.8 Å². The van der Waals surface area contributed by atoms with E-state index in [1.165, 1.54) is 12.1 Å². The van der Waals surface area contributed by atoms with Crippen LogP contribution in [0.15, 0.2) is 42.5 Å². The molecule has 3 rings (SSSR count). The Balaban J connectivity index is 1.60. The molecular weight excluding hydrogens is 425 g/mol. The number of halogens is 1. The molecule has 178 valence electrons. The molecule has 2 amide bonds. The predicted molar refractivity (Wildman–Crippen MR) is 124 cm³/mol. The van der Waals surface area contributed by atoms with Gasteiger partial charge in [0.1, 0.15) is 17.3 Å². The van der Waals surface area contributed by atoms with Crippen LogP contribution in [-0.4, -0.2) is 62.0 Å². The fourth-order valence-electron chi connectivity index (χ4n) is 4.11. The van der Waals surface area contributed by atoms with Gasteiger partial charge < -0.3 is 19.7 Å². The molecule has 8 heteroatoms. The maximum atomic E-state index is 13.2. The zero-order valence-electron chi connectivity index (χ0n) is 19.5. The molecule has 0 aromatic heterocycles. The molecule has 1 saturated heterocycles. The predicted octanol–water partition coefficient (Wildman–Crippen LogP) is 3.14. The molecule has 2 aromatic carbocycles. The molecule has 1 aliphatic heterocycles. The molecule has 0 aliphatic carbocycles. The summed E-state index contributed by atoms with van der Waals surface area (Å²) in [6, 6.07) is 11.5. The van der Waals surface area contributed by atoms with Crippen LogP contribution in [0.25, 0.3) is 0 Å². The minimum Gasteiger partial charge on any atom is -0.497 e. The summed E-state index contributed by atoms with van der Waals surface area (Å²) in [5, 5.41) is 2.83. The van der Waals surface area contributed by atoms with Gasteiger partial charge in [-0.25, -0.2) is 4.39 Å². The van der Waals surface area contributed by atoms with Crippen molar-refractivity contribution in [3.63, 3.8) is 0 Å². The number of hydrogen-bond donors (Lipinski definition) is 1. The first kappa shape index (κ1) is 24.5. The topological polar surface area (TPSA) is 71.1 Å². The fraction of sp³-hybridized carbons (Fsp3) is 0.440. The van der Waals surface area contributed by atoms with Gasteiger partial charge in [-0.3, -0.25) is 14.5 Å². The first-order valence-corrected chi connectivity index (χ1v) is 11.2. The lowest BCUT2D eigenvalue weighted by Gasteiger charge is -2.29. The van der Waals surface area contributed by atoms with Crippen molar-refractivity contribution in [3.05, 3.63) is 59.4 Å². The SMILES string of the molecule is CCN(CC(=O)NCc1ccc(F)cc1)CC(=O)N1CCCC1c1cc(OC)ccc1OC. The Hall–Kier alpha value is -3.13. The highest BCUT2D eigenvalue weighted by Gasteiger charge is 2.32. The zero-order chi connectivity index (χ0) is 23.8. The van der Waals surface area contributed by atoms with Crippen LogP contribution in [0.5, 0.6) is 11.5 Å². The Morgan fingerprint density at radius 3 is 2.55 bits per heavy atom. The van der Waals surface area contributed by atoms with E-state index < -0.39 is 0 Å². The monoisotopic (exact) mass is 457 g/mol. The van der Waals surface area contributed by atoms with Gasteiger partial charge in [-0.15, -0.1) is 0 Å². The van der Waals surface area contributed by atoms with Gasteiger partial charge in [-0.1, -0.05) is 19.1 Å². The second-order valence-electron chi connectivity index (χ2n) is 8.06. The van der Waals surface area contributed by atoms with E-state index in [1.54, 1.807) is 26.4 Å². The number of amides is 2. The summed E-state index contributed by atoms with van der Waals surface area (Å²) >= 11 is 0. The van der Waals surface area contributed by atoms with Crippen molar-refractivity contribution < 1.29 is 23.5 Å². The number of likely N-dealkylation sites (N-methyl/N-ethyl adjacent to an activating group) is 1. The maximum Gasteiger partial charge on any atom is 0.237 e. The van der Waals surface area contributed by atoms with Crippen molar-refractivity contribution in [3.8, 4) is 11.5 Å². The van der Waals surface area contributed by atoms with Gasteiger partial charge in [0.15, 0.2) is 0 Å². The van der Waals surface area contributed by atoms with E-state index in [1.807, 2.05) is 34.9 Å². The summed E-state index contributed by atoms with van der Waals surface area (Å²) in [4.78, 5) is 29.3. The van der Waals surface area contributed by atoms with Crippen molar-refractivity contribution in [1.29, 1.82) is 0 Å². The summed E-state index contributed by atoms with van der Waals surface area (Å²) in [7, 11) is 3.24. The van der Waals surface area contributed by atoms with E-state index in [4.69, 9.17) is 9.47 Å². The summed E-state index contributed by atoms with van der Waals surface area (Å²) in [5.41, 5.74) is 1.75. The minimum absolute atomic E-state index is 0.0180. The number of nitrogens with zero attached hydrogens (tertiary/aromatic N) is 2. The average molecular weight is 458 g/mol. The minimum atomic E-state index is -0.312. The van der Waals surface area contributed by atoms with E-state index in [9.17, 15) is 14.0 Å². The largest absolute Gasteiger partial charge is 0.497 e. The van der Waals surface area contributed by atoms with Gasteiger partial charge >= 0.3 is 0 Å². The van der Waals surface area contributed by atoms with Crippen molar-refractivity contribution in [2.24, 2.45) is 0 Å². The molecule has 7 nitrogen and oxygen atoms in total. The number of carbonyl (C=O) groups is 2. The number of carbonyl (C=O) groups excluding carboxylic acids is 2. The molecule has 0 radical (unpaired) electrons. The molecule has 1 unspecified atom stereocenters. The van der Waals surface area contributed by atoms with Crippen molar-refractivity contribution in [2.75, 3.05) is 40.4 Å². The lowest BCUT2D eigenvalue weighted by molar-refractivity contribution is -0.134. The summed E-state index contributed by atoms with van der Waals surface area (Å²) in [5.74, 6) is 0.940. The van der Waals surface area contributed by atoms with Gasteiger partial charge in [-0.2, -0.15) is 0 Å². The van der Waals surface area contributed by atoms with Gasteiger partial charge in [0, 0.05) is 18.7 Å². The third kappa shape index (κ3) is 6.44. The molecule has 0 bridgehead atoms. The van der Waals surface area contributed by atoms with Crippen molar-refractivity contribution in [2.45, 2.75) is 32.4 Å². The highest BCUT2D eigenvalue weighted by Crippen LogP contribution is 2.38. The van der Waals surface area contributed by atoms with E-state index in [2.05, 4.69) is 5.32 Å². The Kier molecular flexibility index (Phi) is 8.65. The highest BCUT2D eigenvalue weighted by atomic mass is 19.1. The number of ether oxygens (including phenoxy) is 2. The number of nitrogens with one attached hydrogen (secondary N) is 1. The summed E-state index contributed by atoms with van der Waals surface area (Å²) in [6.07, 6.45) is 1.75. The Labute approximate surface area is 194 Å². The van der Waals surface area contributed by atoms with Crippen LogP contribution in [-0.2, 0) is 16.1 Å². The van der Waals surface area contributed by atoms with Gasteiger partial charge in [0.2, 0.25) is 11.8 Å². The lowest BCUT2D eigenvalue weighted by atomic mass is 10.0. The number of hydrogen-bond acceptors (Lipinski definition) is 5. The quantitative estimate of drug-likeness (QED) is 0.594. The second-order valence-corrected chi connectivity index (χ2v) is 8.06. The highest BCUT2D eigenvalue weighted by molar-refractivity contribution is 5.81. The van der Waals surface area contributed by atoms with Crippen LogP contribution < -0.4 is 14.8 Å². The first-order chi connectivity index (χ1) is 15.9. The summed E-state index contributed by atoms with van der Waals surface area (Å²) < 4.78 is 23.9. The molecule has 0 spiro atoms. The third-order valence-corrected chi connectivity index (χ3v) is 5.95. The number of likely N-dealkylation sites (tertiary alicyclic amines) is 1. The van der Waals surface area contributed by atoms with Gasteiger partial charge in [0.05, 0.1) is 33.4 Å². The normalized spacial score (nSPS) is 15.5. The number of benzene rings is 2. The zero-order valence-corrected chi connectivity index (χ0v) is 19.5. The van der Waals surface area contributed by atoms with Crippen LogP contribution in [0.4, 0.5) is 4.39 Å². The molecule has 1 atom stereocenters. The smallest absolute Gasteiger partial charge is 0.237 e. The first-order valence-electron chi connectivity index (χ1n) is 11.2.